The summed E-state index contributed by atoms with van der Waals surface area (Å²) < 4.78 is 0. The van der Waals surface area contributed by atoms with Crippen molar-refractivity contribution >= 4 is 5.82 Å². The van der Waals surface area contributed by atoms with Gasteiger partial charge in [-0.2, -0.15) is 0 Å². The molecule has 3 heterocycles. The van der Waals surface area contributed by atoms with Gasteiger partial charge in [-0.3, -0.25) is 4.90 Å². The molecule has 0 aliphatic carbocycles. The Kier molecular flexibility index (Phi) is 4.76. The topological polar surface area (TPSA) is 31.4 Å². The van der Waals surface area contributed by atoms with Crippen LogP contribution in [0.2, 0.25) is 0 Å². The number of nitrogens with one attached hydrogen (secondary N) is 1. The standard InChI is InChI=1S/C17H28N4/c1-3-15-10-14(12-18-4-2)11-17(19-15)21-9-8-20-7-5-6-16(20)13-21/h10-11,16,18H,3-9,12-13H2,1-2H3. The minimum Gasteiger partial charge on any atom is -0.354 e. The molecule has 0 radical (unpaired) electrons. The van der Waals surface area contributed by atoms with E-state index in [1.165, 1.54) is 43.0 Å². The van der Waals surface area contributed by atoms with Gasteiger partial charge >= 0.3 is 0 Å². The van der Waals surface area contributed by atoms with Gasteiger partial charge in [0.25, 0.3) is 0 Å². The van der Waals surface area contributed by atoms with Gasteiger partial charge < -0.3 is 10.2 Å². The summed E-state index contributed by atoms with van der Waals surface area (Å²) in [6, 6.07) is 5.28. The molecule has 3 rings (SSSR count). The van der Waals surface area contributed by atoms with E-state index in [2.05, 4.69) is 41.1 Å². The molecule has 0 aromatic carbocycles. The van der Waals surface area contributed by atoms with E-state index >= 15 is 0 Å². The normalized spacial score (nSPS) is 22.6. The molecule has 4 nitrogen and oxygen atoms in total. The van der Waals surface area contributed by atoms with E-state index in [0.29, 0.717) is 0 Å². The molecule has 2 aliphatic rings. The van der Waals surface area contributed by atoms with E-state index in [1.54, 1.807) is 0 Å². The molecule has 1 N–H and O–H groups in total. The summed E-state index contributed by atoms with van der Waals surface area (Å²) in [6.07, 6.45) is 3.73. The van der Waals surface area contributed by atoms with Crippen LogP contribution >= 0.6 is 0 Å². The van der Waals surface area contributed by atoms with Gasteiger partial charge in [0, 0.05) is 37.9 Å². The molecular weight excluding hydrogens is 260 g/mol. The Balaban J connectivity index is 1.76. The molecule has 1 unspecified atom stereocenters. The van der Waals surface area contributed by atoms with Gasteiger partial charge in [-0.25, -0.2) is 4.98 Å². The first-order valence-corrected chi connectivity index (χ1v) is 8.49. The van der Waals surface area contributed by atoms with Gasteiger partial charge in [-0.1, -0.05) is 13.8 Å². The Morgan fingerprint density at radius 2 is 2.14 bits per heavy atom. The predicted molar refractivity (Wildman–Crippen MR) is 87.8 cm³/mol. The van der Waals surface area contributed by atoms with Crippen molar-refractivity contribution in [3.8, 4) is 0 Å². The number of pyridine rings is 1. The molecule has 21 heavy (non-hydrogen) atoms. The molecule has 0 saturated carbocycles. The Labute approximate surface area is 128 Å². The van der Waals surface area contributed by atoms with E-state index in [1.807, 2.05) is 0 Å². The van der Waals surface area contributed by atoms with Crippen LogP contribution in [0.5, 0.6) is 0 Å². The molecule has 2 fully saturated rings. The van der Waals surface area contributed by atoms with E-state index in [0.717, 1.165) is 38.6 Å². The first-order valence-electron chi connectivity index (χ1n) is 8.49. The fourth-order valence-corrected chi connectivity index (χ4v) is 3.55. The number of rotatable bonds is 5. The molecule has 0 bridgehead atoms. The SMILES string of the molecule is CCNCc1cc(CC)nc(N2CCN3CCCC3C2)c1. The van der Waals surface area contributed by atoms with Crippen molar-refractivity contribution in [3.63, 3.8) is 0 Å². The van der Waals surface area contributed by atoms with Crippen LogP contribution in [0, 0.1) is 0 Å². The third-order valence-corrected chi connectivity index (χ3v) is 4.78. The van der Waals surface area contributed by atoms with Crippen LogP contribution in [0.3, 0.4) is 0 Å². The van der Waals surface area contributed by atoms with Gasteiger partial charge in [0.2, 0.25) is 0 Å². The van der Waals surface area contributed by atoms with Crippen LogP contribution in [0.1, 0.15) is 37.9 Å². The fourth-order valence-electron chi connectivity index (χ4n) is 3.55. The zero-order chi connectivity index (χ0) is 14.7. The van der Waals surface area contributed by atoms with E-state index < -0.39 is 0 Å². The molecule has 0 amide bonds. The number of aryl methyl sites for hydroxylation is 1. The van der Waals surface area contributed by atoms with Crippen molar-refractivity contribution in [3.05, 3.63) is 23.4 Å². The predicted octanol–water partition coefficient (Wildman–Crippen LogP) is 2.04. The highest BCUT2D eigenvalue weighted by Gasteiger charge is 2.31. The lowest BCUT2D eigenvalue weighted by molar-refractivity contribution is 0.230. The number of fused-ring (bicyclic) bond motifs is 1. The van der Waals surface area contributed by atoms with E-state index in [-0.39, 0.29) is 0 Å². The van der Waals surface area contributed by atoms with Crippen molar-refractivity contribution in [2.45, 2.75) is 45.7 Å². The zero-order valence-corrected chi connectivity index (χ0v) is 13.4. The lowest BCUT2D eigenvalue weighted by Gasteiger charge is -2.38. The quantitative estimate of drug-likeness (QED) is 0.898. The van der Waals surface area contributed by atoms with Gasteiger partial charge in [-0.15, -0.1) is 0 Å². The molecule has 1 aromatic rings. The molecular formula is C17H28N4. The van der Waals surface area contributed by atoms with Crippen LogP contribution in [0.15, 0.2) is 12.1 Å². The molecule has 2 saturated heterocycles. The number of piperazine rings is 1. The maximum Gasteiger partial charge on any atom is 0.129 e. The van der Waals surface area contributed by atoms with Crippen molar-refractivity contribution in [2.24, 2.45) is 0 Å². The van der Waals surface area contributed by atoms with Crippen molar-refractivity contribution < 1.29 is 0 Å². The summed E-state index contributed by atoms with van der Waals surface area (Å²) in [5, 5.41) is 3.43. The Hall–Kier alpha value is -1.13. The minimum atomic E-state index is 0.753. The van der Waals surface area contributed by atoms with Crippen LogP contribution in [-0.2, 0) is 13.0 Å². The van der Waals surface area contributed by atoms with Crippen LogP contribution in [0.4, 0.5) is 5.82 Å². The van der Waals surface area contributed by atoms with E-state index in [4.69, 9.17) is 4.98 Å². The molecule has 116 valence electrons. The van der Waals surface area contributed by atoms with Crippen LogP contribution < -0.4 is 10.2 Å². The number of nitrogens with zero attached hydrogens (tertiary/aromatic N) is 3. The van der Waals surface area contributed by atoms with Gasteiger partial charge in [0.05, 0.1) is 0 Å². The smallest absolute Gasteiger partial charge is 0.129 e. The highest BCUT2D eigenvalue weighted by molar-refractivity contribution is 5.44. The monoisotopic (exact) mass is 288 g/mol. The third-order valence-electron chi connectivity index (χ3n) is 4.78. The molecule has 0 spiro atoms. The lowest BCUT2D eigenvalue weighted by atomic mass is 10.1. The number of anilines is 1. The van der Waals surface area contributed by atoms with Gasteiger partial charge in [0.1, 0.15) is 5.82 Å². The fraction of sp³-hybridized carbons (Fsp3) is 0.706. The second-order valence-electron chi connectivity index (χ2n) is 6.24. The molecule has 4 heteroatoms. The van der Waals surface area contributed by atoms with Crippen molar-refractivity contribution in [2.75, 3.05) is 37.6 Å². The highest BCUT2D eigenvalue weighted by Crippen LogP contribution is 2.25. The first-order chi connectivity index (χ1) is 10.3. The summed E-state index contributed by atoms with van der Waals surface area (Å²) >= 11 is 0. The average molecular weight is 288 g/mol. The minimum absolute atomic E-state index is 0.753. The summed E-state index contributed by atoms with van der Waals surface area (Å²) in [5.74, 6) is 1.19. The van der Waals surface area contributed by atoms with Crippen LogP contribution in [0.25, 0.3) is 0 Å². The molecule has 1 atom stereocenters. The van der Waals surface area contributed by atoms with Crippen molar-refractivity contribution in [1.29, 1.82) is 0 Å². The second-order valence-corrected chi connectivity index (χ2v) is 6.24. The van der Waals surface area contributed by atoms with Crippen LogP contribution in [-0.4, -0.2) is 48.6 Å². The molecule has 2 aliphatic heterocycles. The summed E-state index contributed by atoms with van der Waals surface area (Å²) in [6.45, 7) is 11.1. The maximum absolute atomic E-state index is 4.88. The van der Waals surface area contributed by atoms with Gasteiger partial charge in [-0.05, 0) is 50.0 Å². The Bertz CT molecular complexity index is 474. The summed E-state index contributed by atoms with van der Waals surface area (Å²) in [7, 11) is 0. The largest absolute Gasteiger partial charge is 0.354 e. The van der Waals surface area contributed by atoms with Crippen molar-refractivity contribution in [1.82, 2.24) is 15.2 Å². The second kappa shape index (κ2) is 6.75. The number of hydrogen-bond acceptors (Lipinski definition) is 4. The average Bonchev–Trinajstić information content (AvgIpc) is 3.00. The zero-order valence-electron chi connectivity index (χ0n) is 13.4. The van der Waals surface area contributed by atoms with Gasteiger partial charge in [0.15, 0.2) is 0 Å². The lowest BCUT2D eigenvalue weighted by Crippen LogP contribution is -2.50. The maximum atomic E-state index is 4.88. The van der Waals surface area contributed by atoms with E-state index in [9.17, 15) is 0 Å². The highest BCUT2D eigenvalue weighted by atomic mass is 15.3. The Morgan fingerprint density at radius 3 is 2.95 bits per heavy atom. The molecule has 1 aromatic heterocycles. The summed E-state index contributed by atoms with van der Waals surface area (Å²) in [4.78, 5) is 10.0. The Morgan fingerprint density at radius 1 is 1.24 bits per heavy atom. The first kappa shape index (κ1) is 14.8. The number of hydrogen-bond donors (Lipinski definition) is 1. The number of aromatic nitrogens is 1. The third kappa shape index (κ3) is 3.38. The summed E-state index contributed by atoms with van der Waals surface area (Å²) in [5.41, 5.74) is 2.59.